The number of amides is 3. The van der Waals surface area contributed by atoms with Gasteiger partial charge in [0, 0.05) is 6.04 Å². The van der Waals surface area contributed by atoms with Crippen LogP contribution in [-0.4, -0.2) is 23.9 Å². The molecule has 0 aromatic heterocycles. The van der Waals surface area contributed by atoms with Gasteiger partial charge < -0.3 is 5.32 Å². The second kappa shape index (κ2) is 5.83. The SMILES string of the molecule is CC[C@@H](C)NC(=O)NC(=O)CCl. The zero-order valence-corrected chi connectivity index (χ0v) is 7.94. The van der Waals surface area contributed by atoms with E-state index in [0.717, 1.165) is 6.42 Å². The van der Waals surface area contributed by atoms with E-state index in [-0.39, 0.29) is 11.9 Å². The molecule has 0 aliphatic rings. The molecular formula is C7H13ClN2O2. The van der Waals surface area contributed by atoms with Crippen molar-refractivity contribution in [3.8, 4) is 0 Å². The third-order valence-corrected chi connectivity index (χ3v) is 1.61. The van der Waals surface area contributed by atoms with Gasteiger partial charge in [0.15, 0.2) is 0 Å². The summed E-state index contributed by atoms with van der Waals surface area (Å²) < 4.78 is 0. The molecular weight excluding hydrogens is 180 g/mol. The van der Waals surface area contributed by atoms with Crippen LogP contribution in [0.5, 0.6) is 0 Å². The zero-order chi connectivity index (χ0) is 9.56. The van der Waals surface area contributed by atoms with Crippen LogP contribution in [0, 0.1) is 0 Å². The maximum atomic E-state index is 10.9. The molecule has 0 unspecified atom stereocenters. The molecule has 70 valence electrons. The summed E-state index contributed by atoms with van der Waals surface area (Å²) in [7, 11) is 0. The third-order valence-electron chi connectivity index (χ3n) is 1.36. The molecule has 0 aliphatic heterocycles. The fourth-order valence-electron chi connectivity index (χ4n) is 0.522. The number of halogens is 1. The van der Waals surface area contributed by atoms with Crippen molar-refractivity contribution >= 4 is 23.5 Å². The first-order valence-electron chi connectivity index (χ1n) is 3.76. The highest BCUT2D eigenvalue weighted by atomic mass is 35.5. The minimum absolute atomic E-state index is 0.0631. The molecule has 0 heterocycles. The molecule has 2 N–H and O–H groups in total. The van der Waals surface area contributed by atoms with Crippen molar-refractivity contribution in [2.75, 3.05) is 5.88 Å². The van der Waals surface area contributed by atoms with Gasteiger partial charge in [-0.3, -0.25) is 10.1 Å². The highest BCUT2D eigenvalue weighted by Crippen LogP contribution is 1.86. The summed E-state index contributed by atoms with van der Waals surface area (Å²) in [5.41, 5.74) is 0. The van der Waals surface area contributed by atoms with E-state index in [9.17, 15) is 9.59 Å². The molecule has 0 aromatic carbocycles. The average molecular weight is 193 g/mol. The van der Waals surface area contributed by atoms with Crippen LogP contribution in [0.3, 0.4) is 0 Å². The van der Waals surface area contributed by atoms with Crippen molar-refractivity contribution in [1.29, 1.82) is 0 Å². The highest BCUT2D eigenvalue weighted by molar-refractivity contribution is 6.28. The van der Waals surface area contributed by atoms with E-state index in [0.29, 0.717) is 0 Å². The topological polar surface area (TPSA) is 58.2 Å². The summed E-state index contributed by atoms with van der Waals surface area (Å²) in [6, 6.07) is -0.428. The Hall–Kier alpha value is -0.770. The third kappa shape index (κ3) is 4.96. The van der Waals surface area contributed by atoms with Gasteiger partial charge in [0.1, 0.15) is 5.88 Å². The Morgan fingerprint density at radius 3 is 2.50 bits per heavy atom. The van der Waals surface area contributed by atoms with Crippen LogP contribution in [-0.2, 0) is 4.79 Å². The predicted octanol–water partition coefficient (Wildman–Crippen LogP) is 0.850. The van der Waals surface area contributed by atoms with Crippen LogP contribution in [0.15, 0.2) is 0 Å². The van der Waals surface area contributed by atoms with E-state index in [4.69, 9.17) is 11.6 Å². The van der Waals surface area contributed by atoms with Crippen molar-refractivity contribution < 1.29 is 9.59 Å². The Morgan fingerprint density at radius 1 is 1.50 bits per heavy atom. The van der Waals surface area contributed by atoms with Gasteiger partial charge in [-0.2, -0.15) is 0 Å². The Labute approximate surface area is 76.7 Å². The van der Waals surface area contributed by atoms with Crippen LogP contribution >= 0.6 is 11.6 Å². The molecule has 0 bridgehead atoms. The number of imide groups is 1. The number of alkyl halides is 1. The first-order valence-corrected chi connectivity index (χ1v) is 4.29. The number of hydrogen-bond donors (Lipinski definition) is 2. The van der Waals surface area contributed by atoms with Crippen LogP contribution < -0.4 is 10.6 Å². The van der Waals surface area contributed by atoms with Gasteiger partial charge in [-0.1, -0.05) is 6.92 Å². The lowest BCUT2D eigenvalue weighted by Gasteiger charge is -2.10. The van der Waals surface area contributed by atoms with Crippen LogP contribution in [0.4, 0.5) is 4.79 Å². The standard InChI is InChI=1S/C7H13ClN2O2/c1-3-5(2)9-7(12)10-6(11)4-8/h5H,3-4H2,1-2H3,(H2,9,10,11,12)/t5-/m1/s1. The molecule has 0 radical (unpaired) electrons. The minimum atomic E-state index is -0.491. The molecule has 0 aliphatic carbocycles. The first kappa shape index (κ1) is 11.2. The summed E-state index contributed by atoms with van der Waals surface area (Å²) in [6.07, 6.45) is 0.822. The molecule has 5 heteroatoms. The van der Waals surface area contributed by atoms with Crippen molar-refractivity contribution in [1.82, 2.24) is 10.6 Å². The van der Waals surface area contributed by atoms with Crippen molar-refractivity contribution in [2.45, 2.75) is 26.3 Å². The number of rotatable bonds is 3. The molecule has 0 rings (SSSR count). The molecule has 0 aromatic rings. The van der Waals surface area contributed by atoms with E-state index in [2.05, 4.69) is 10.6 Å². The van der Waals surface area contributed by atoms with E-state index in [1.807, 2.05) is 13.8 Å². The largest absolute Gasteiger partial charge is 0.335 e. The van der Waals surface area contributed by atoms with Gasteiger partial charge >= 0.3 is 6.03 Å². The summed E-state index contributed by atoms with van der Waals surface area (Å²) in [4.78, 5) is 21.5. The van der Waals surface area contributed by atoms with E-state index < -0.39 is 11.9 Å². The molecule has 0 saturated carbocycles. The molecule has 0 spiro atoms. The first-order chi connectivity index (χ1) is 5.60. The van der Waals surface area contributed by atoms with E-state index in [1.165, 1.54) is 0 Å². The normalized spacial score (nSPS) is 11.9. The van der Waals surface area contributed by atoms with Crippen LogP contribution in [0.25, 0.3) is 0 Å². The van der Waals surface area contributed by atoms with Gasteiger partial charge in [0.25, 0.3) is 0 Å². The summed E-state index contributed by atoms with van der Waals surface area (Å²) >= 11 is 5.17. The second-order valence-corrected chi connectivity index (χ2v) is 2.73. The number of carbonyl (C=O) groups excluding carboxylic acids is 2. The number of urea groups is 1. The second-order valence-electron chi connectivity index (χ2n) is 2.46. The smallest absolute Gasteiger partial charge is 0.321 e. The molecule has 4 nitrogen and oxygen atoms in total. The summed E-state index contributed by atoms with van der Waals surface area (Å²) in [5, 5.41) is 4.64. The summed E-state index contributed by atoms with van der Waals surface area (Å²) in [6.45, 7) is 3.79. The molecule has 12 heavy (non-hydrogen) atoms. The molecule has 0 fully saturated rings. The number of hydrogen-bond acceptors (Lipinski definition) is 2. The quantitative estimate of drug-likeness (QED) is 0.652. The maximum absolute atomic E-state index is 10.9. The van der Waals surface area contributed by atoms with E-state index >= 15 is 0 Å². The monoisotopic (exact) mass is 192 g/mol. The van der Waals surface area contributed by atoms with Gasteiger partial charge in [0.2, 0.25) is 5.91 Å². The number of carbonyl (C=O) groups is 2. The van der Waals surface area contributed by atoms with Crippen molar-refractivity contribution in [3.63, 3.8) is 0 Å². The maximum Gasteiger partial charge on any atom is 0.321 e. The number of nitrogens with one attached hydrogen (secondary N) is 2. The van der Waals surface area contributed by atoms with Crippen LogP contribution in [0.2, 0.25) is 0 Å². The van der Waals surface area contributed by atoms with Gasteiger partial charge in [0.05, 0.1) is 0 Å². The zero-order valence-electron chi connectivity index (χ0n) is 7.19. The highest BCUT2D eigenvalue weighted by Gasteiger charge is 2.07. The molecule has 3 amide bonds. The fourth-order valence-corrected chi connectivity index (χ4v) is 0.589. The van der Waals surface area contributed by atoms with Gasteiger partial charge in [-0.05, 0) is 13.3 Å². The van der Waals surface area contributed by atoms with Gasteiger partial charge in [-0.25, -0.2) is 4.79 Å². The molecule has 1 atom stereocenters. The minimum Gasteiger partial charge on any atom is -0.335 e. The van der Waals surface area contributed by atoms with Crippen molar-refractivity contribution in [2.24, 2.45) is 0 Å². The molecule has 0 saturated heterocycles. The lowest BCUT2D eigenvalue weighted by atomic mass is 10.3. The van der Waals surface area contributed by atoms with Crippen molar-refractivity contribution in [3.05, 3.63) is 0 Å². The fraction of sp³-hybridized carbons (Fsp3) is 0.714. The summed E-state index contributed by atoms with van der Waals surface area (Å²) in [5.74, 6) is -0.689. The lowest BCUT2D eigenvalue weighted by Crippen LogP contribution is -2.43. The van der Waals surface area contributed by atoms with Crippen LogP contribution in [0.1, 0.15) is 20.3 Å². The lowest BCUT2D eigenvalue weighted by molar-refractivity contribution is -0.117. The van der Waals surface area contributed by atoms with E-state index in [1.54, 1.807) is 0 Å². The Bertz CT molecular complexity index is 173. The average Bonchev–Trinajstić information content (AvgIpc) is 2.03. The Morgan fingerprint density at radius 2 is 2.08 bits per heavy atom. The Balaban J connectivity index is 3.66. The Kier molecular flexibility index (Phi) is 5.45. The van der Waals surface area contributed by atoms with Gasteiger partial charge in [-0.15, -0.1) is 11.6 Å². The predicted molar refractivity (Wildman–Crippen MR) is 47.1 cm³/mol.